The molecule has 0 saturated heterocycles. The molecule has 0 amide bonds. The highest BCUT2D eigenvalue weighted by atomic mass is 15.4. The van der Waals surface area contributed by atoms with Crippen LogP contribution < -0.4 is 0 Å². The first-order chi connectivity index (χ1) is 18.3. The van der Waals surface area contributed by atoms with Gasteiger partial charge in [0.25, 0.3) is 0 Å². The fourth-order valence-corrected chi connectivity index (χ4v) is 5.08. The molecule has 0 fully saturated rings. The molecule has 0 bridgehead atoms. The molecule has 0 spiro atoms. The number of aromatic nitrogens is 4. The normalized spacial score (nSPS) is 11.4. The minimum atomic E-state index is 0.710. The van der Waals surface area contributed by atoms with Crippen LogP contribution in [0, 0.1) is 6.92 Å². The van der Waals surface area contributed by atoms with E-state index < -0.39 is 0 Å². The van der Waals surface area contributed by atoms with Crippen molar-refractivity contribution in [1.29, 1.82) is 0 Å². The largest absolute Gasteiger partial charge is 0.309 e. The lowest BCUT2D eigenvalue weighted by Crippen LogP contribution is -2.01. The summed E-state index contributed by atoms with van der Waals surface area (Å²) in [7, 11) is 0. The molecule has 37 heavy (non-hydrogen) atoms. The van der Waals surface area contributed by atoms with Gasteiger partial charge in [-0.3, -0.25) is 0 Å². The molecule has 0 aliphatic heterocycles. The van der Waals surface area contributed by atoms with Crippen molar-refractivity contribution in [3.05, 3.63) is 133 Å². The Kier molecular flexibility index (Phi) is 4.96. The van der Waals surface area contributed by atoms with Crippen molar-refractivity contribution in [2.24, 2.45) is 0 Å². The highest BCUT2D eigenvalue weighted by Crippen LogP contribution is 2.33. The molecule has 176 valence electrons. The number of para-hydroxylation sites is 1. The van der Waals surface area contributed by atoms with Crippen molar-refractivity contribution >= 4 is 21.8 Å². The Bertz CT molecular complexity index is 1860. The molecule has 4 heteroatoms. The third-order valence-electron chi connectivity index (χ3n) is 6.85. The van der Waals surface area contributed by atoms with Gasteiger partial charge in [-0.1, -0.05) is 90.5 Å². The minimum absolute atomic E-state index is 0.710. The summed E-state index contributed by atoms with van der Waals surface area (Å²) in [6, 6.07) is 44.2. The summed E-state index contributed by atoms with van der Waals surface area (Å²) < 4.78 is 4.28. The van der Waals surface area contributed by atoms with Gasteiger partial charge in [0.15, 0.2) is 11.6 Å². The van der Waals surface area contributed by atoms with Crippen molar-refractivity contribution in [1.82, 2.24) is 19.3 Å². The topological polar surface area (TPSA) is 35.6 Å². The van der Waals surface area contributed by atoms with Crippen LogP contribution in [0.2, 0.25) is 0 Å². The van der Waals surface area contributed by atoms with Gasteiger partial charge in [-0.2, -0.15) is 0 Å². The average Bonchev–Trinajstić information content (AvgIpc) is 3.54. The maximum atomic E-state index is 4.94. The third kappa shape index (κ3) is 3.62. The predicted molar refractivity (Wildman–Crippen MR) is 151 cm³/mol. The van der Waals surface area contributed by atoms with Crippen LogP contribution in [0.15, 0.2) is 127 Å². The highest BCUT2D eigenvalue weighted by molar-refractivity contribution is 6.09. The van der Waals surface area contributed by atoms with Crippen LogP contribution >= 0.6 is 0 Å². The van der Waals surface area contributed by atoms with Crippen LogP contribution in [0.5, 0.6) is 0 Å². The Balaban J connectivity index is 1.38. The maximum absolute atomic E-state index is 4.94. The van der Waals surface area contributed by atoms with Gasteiger partial charge >= 0.3 is 0 Å². The molecular formula is C33H24N4. The first-order valence-electron chi connectivity index (χ1n) is 12.4. The monoisotopic (exact) mass is 476 g/mol. The van der Waals surface area contributed by atoms with Crippen LogP contribution in [-0.2, 0) is 0 Å². The van der Waals surface area contributed by atoms with Crippen LogP contribution in [-0.4, -0.2) is 19.3 Å². The molecule has 2 aromatic heterocycles. The van der Waals surface area contributed by atoms with Crippen molar-refractivity contribution in [3.63, 3.8) is 0 Å². The maximum Gasteiger partial charge on any atom is 0.182 e. The van der Waals surface area contributed by atoms with E-state index in [2.05, 4.69) is 90.4 Å². The SMILES string of the molecule is Cc1ccc2c(c1)c1ccccc1n2-c1ccc(-n2nc(-c3ccccc3)nc2-c2ccccc2)cc1. The second kappa shape index (κ2) is 8.61. The second-order valence-electron chi connectivity index (χ2n) is 9.29. The summed E-state index contributed by atoms with van der Waals surface area (Å²) in [5.74, 6) is 1.53. The lowest BCUT2D eigenvalue weighted by atomic mass is 10.1. The summed E-state index contributed by atoms with van der Waals surface area (Å²) in [5.41, 5.74) is 7.77. The lowest BCUT2D eigenvalue weighted by molar-refractivity contribution is 0.889. The van der Waals surface area contributed by atoms with E-state index in [1.807, 2.05) is 53.2 Å². The fourth-order valence-electron chi connectivity index (χ4n) is 5.08. The molecular weight excluding hydrogens is 452 g/mol. The van der Waals surface area contributed by atoms with Crippen LogP contribution in [0.25, 0.3) is 56.0 Å². The van der Waals surface area contributed by atoms with Gasteiger partial charge in [0.2, 0.25) is 0 Å². The van der Waals surface area contributed by atoms with Gasteiger partial charge in [-0.05, 0) is 49.4 Å². The molecule has 0 aliphatic carbocycles. The van der Waals surface area contributed by atoms with Crippen molar-refractivity contribution in [2.45, 2.75) is 6.92 Å². The fraction of sp³-hybridized carbons (Fsp3) is 0.0303. The molecule has 0 saturated carbocycles. The van der Waals surface area contributed by atoms with Crippen LogP contribution in [0.1, 0.15) is 5.56 Å². The Morgan fingerprint density at radius 2 is 1.16 bits per heavy atom. The van der Waals surface area contributed by atoms with Crippen molar-refractivity contribution in [2.75, 3.05) is 0 Å². The molecule has 7 rings (SSSR count). The van der Waals surface area contributed by atoms with E-state index in [9.17, 15) is 0 Å². The molecule has 0 aliphatic rings. The van der Waals surface area contributed by atoms with Crippen molar-refractivity contribution < 1.29 is 0 Å². The number of hydrogen-bond acceptors (Lipinski definition) is 2. The van der Waals surface area contributed by atoms with E-state index in [0.717, 1.165) is 28.3 Å². The zero-order chi connectivity index (χ0) is 24.8. The zero-order valence-corrected chi connectivity index (χ0v) is 20.4. The standard InChI is InChI=1S/C33H24N4/c1-23-16-21-31-29(22-23)28-14-8-9-15-30(28)36(31)26-17-19-27(20-18-26)37-33(25-12-6-3-7-13-25)34-32(35-37)24-10-4-2-5-11-24/h2-22H,1H3. The first-order valence-corrected chi connectivity index (χ1v) is 12.4. The number of nitrogens with zero attached hydrogens (tertiary/aromatic N) is 4. The van der Waals surface area contributed by atoms with Crippen molar-refractivity contribution in [3.8, 4) is 34.2 Å². The van der Waals surface area contributed by atoms with Gasteiger partial charge in [0, 0.05) is 27.6 Å². The van der Waals surface area contributed by atoms with Crippen LogP contribution in [0.3, 0.4) is 0 Å². The Morgan fingerprint density at radius 3 is 1.92 bits per heavy atom. The Morgan fingerprint density at radius 1 is 0.541 bits per heavy atom. The molecule has 4 nitrogen and oxygen atoms in total. The molecule has 0 radical (unpaired) electrons. The summed E-state index contributed by atoms with van der Waals surface area (Å²) >= 11 is 0. The quantitative estimate of drug-likeness (QED) is 0.258. The first kappa shape index (κ1) is 21.3. The number of benzene rings is 5. The molecule has 0 unspecified atom stereocenters. The van der Waals surface area contributed by atoms with E-state index in [0.29, 0.717) is 5.82 Å². The highest BCUT2D eigenvalue weighted by Gasteiger charge is 2.16. The molecule has 5 aromatic carbocycles. The van der Waals surface area contributed by atoms with E-state index in [1.165, 1.54) is 27.4 Å². The lowest BCUT2D eigenvalue weighted by Gasteiger charge is -2.10. The van der Waals surface area contributed by atoms with E-state index in [4.69, 9.17) is 10.1 Å². The van der Waals surface area contributed by atoms with E-state index >= 15 is 0 Å². The average molecular weight is 477 g/mol. The second-order valence-corrected chi connectivity index (χ2v) is 9.29. The van der Waals surface area contributed by atoms with Crippen LogP contribution in [0.4, 0.5) is 0 Å². The van der Waals surface area contributed by atoms with Gasteiger partial charge in [0.1, 0.15) is 0 Å². The summed E-state index contributed by atoms with van der Waals surface area (Å²) in [5, 5.41) is 7.47. The van der Waals surface area contributed by atoms with Gasteiger partial charge < -0.3 is 4.57 Å². The Hall–Kier alpha value is -4.96. The van der Waals surface area contributed by atoms with Gasteiger partial charge in [-0.25, -0.2) is 9.67 Å². The predicted octanol–water partition coefficient (Wildman–Crippen LogP) is 8.01. The molecule has 0 N–H and O–H groups in total. The number of hydrogen-bond donors (Lipinski definition) is 0. The summed E-state index contributed by atoms with van der Waals surface area (Å²) in [6.45, 7) is 2.15. The number of aryl methyl sites for hydroxylation is 1. The Labute approximate surface area is 215 Å². The third-order valence-corrected chi connectivity index (χ3v) is 6.85. The smallest absolute Gasteiger partial charge is 0.182 e. The summed E-state index contributed by atoms with van der Waals surface area (Å²) in [6.07, 6.45) is 0. The number of fused-ring (bicyclic) bond motifs is 3. The molecule has 0 atom stereocenters. The summed E-state index contributed by atoms with van der Waals surface area (Å²) in [4.78, 5) is 4.94. The molecule has 2 heterocycles. The van der Waals surface area contributed by atoms with E-state index in [-0.39, 0.29) is 0 Å². The van der Waals surface area contributed by atoms with Gasteiger partial charge in [0.05, 0.1) is 16.7 Å². The molecule has 7 aromatic rings. The van der Waals surface area contributed by atoms with Gasteiger partial charge in [-0.15, -0.1) is 5.10 Å². The number of rotatable bonds is 4. The zero-order valence-electron chi connectivity index (χ0n) is 20.4. The minimum Gasteiger partial charge on any atom is -0.309 e. The van der Waals surface area contributed by atoms with E-state index in [1.54, 1.807) is 0 Å².